The van der Waals surface area contributed by atoms with Crippen molar-refractivity contribution in [2.75, 3.05) is 0 Å². The summed E-state index contributed by atoms with van der Waals surface area (Å²) in [6, 6.07) is 0. The van der Waals surface area contributed by atoms with Gasteiger partial charge in [-0.1, -0.05) is 39.5 Å². The van der Waals surface area contributed by atoms with Crippen LogP contribution in [-0.2, 0) is 9.59 Å². The van der Waals surface area contributed by atoms with E-state index in [1.54, 1.807) is 11.8 Å². The maximum atomic E-state index is 11.6. The molecule has 0 saturated carbocycles. The van der Waals surface area contributed by atoms with E-state index in [0.29, 0.717) is 0 Å². The summed E-state index contributed by atoms with van der Waals surface area (Å²) in [6.45, 7) is 4.23. The van der Waals surface area contributed by atoms with Gasteiger partial charge in [-0.3, -0.25) is 14.9 Å². The minimum atomic E-state index is -0.0869. The van der Waals surface area contributed by atoms with Gasteiger partial charge in [-0.05, 0) is 12.8 Å². The molecule has 0 aliphatic carbocycles. The molecule has 3 nitrogen and oxygen atoms in total. The Morgan fingerprint density at radius 3 is 1.81 bits per heavy atom. The molecule has 1 fully saturated rings. The number of carbonyl (C=O) groups is 2. The first-order valence-corrected chi connectivity index (χ1v) is 7.13. The molecule has 1 heterocycles. The highest BCUT2D eigenvalue weighted by Gasteiger charge is 2.34. The van der Waals surface area contributed by atoms with E-state index in [0.717, 1.165) is 38.5 Å². The van der Waals surface area contributed by atoms with Crippen molar-refractivity contribution in [3.63, 3.8) is 0 Å². The molecule has 1 aliphatic heterocycles. The fourth-order valence-corrected chi connectivity index (χ4v) is 3.15. The van der Waals surface area contributed by atoms with Gasteiger partial charge in [0.1, 0.15) is 0 Å². The normalized spacial score (nSPS) is 25.6. The molecular formula is C12H21NO2S. The Morgan fingerprint density at radius 1 is 1.00 bits per heavy atom. The van der Waals surface area contributed by atoms with E-state index >= 15 is 0 Å². The van der Waals surface area contributed by atoms with E-state index in [1.807, 2.05) is 0 Å². The van der Waals surface area contributed by atoms with Crippen LogP contribution in [-0.4, -0.2) is 22.3 Å². The average Bonchev–Trinajstić information content (AvgIpc) is 2.26. The molecule has 92 valence electrons. The predicted molar refractivity (Wildman–Crippen MR) is 67.4 cm³/mol. The van der Waals surface area contributed by atoms with Crippen molar-refractivity contribution in [1.29, 1.82) is 0 Å². The van der Waals surface area contributed by atoms with Gasteiger partial charge in [-0.25, -0.2) is 0 Å². The van der Waals surface area contributed by atoms with E-state index in [9.17, 15) is 9.59 Å². The van der Waals surface area contributed by atoms with Crippen LogP contribution in [0.3, 0.4) is 0 Å². The lowest BCUT2D eigenvalue weighted by atomic mass is 10.1. The number of imide groups is 1. The highest BCUT2D eigenvalue weighted by atomic mass is 32.2. The van der Waals surface area contributed by atoms with Crippen molar-refractivity contribution in [1.82, 2.24) is 5.32 Å². The molecule has 1 rings (SSSR count). The predicted octanol–water partition coefficient (Wildman–Crippen LogP) is 2.49. The highest BCUT2D eigenvalue weighted by molar-refractivity contribution is 8.02. The Balaban J connectivity index is 2.47. The Morgan fingerprint density at radius 2 is 1.44 bits per heavy atom. The van der Waals surface area contributed by atoms with E-state index < -0.39 is 0 Å². The van der Waals surface area contributed by atoms with Gasteiger partial charge in [-0.2, -0.15) is 0 Å². The summed E-state index contributed by atoms with van der Waals surface area (Å²) in [7, 11) is 0. The summed E-state index contributed by atoms with van der Waals surface area (Å²) in [5, 5.41) is 2.47. The smallest absolute Gasteiger partial charge is 0.239 e. The highest BCUT2D eigenvalue weighted by Crippen LogP contribution is 2.29. The molecule has 2 atom stereocenters. The fourth-order valence-electron chi connectivity index (χ4n) is 1.78. The average molecular weight is 243 g/mol. The second-order valence-corrected chi connectivity index (χ2v) is 5.66. The van der Waals surface area contributed by atoms with Crippen molar-refractivity contribution >= 4 is 23.6 Å². The summed E-state index contributed by atoms with van der Waals surface area (Å²) in [4.78, 5) is 23.2. The second-order valence-electron chi connectivity index (χ2n) is 4.25. The molecule has 0 aromatic rings. The van der Waals surface area contributed by atoms with Crippen molar-refractivity contribution in [2.24, 2.45) is 0 Å². The summed E-state index contributed by atoms with van der Waals surface area (Å²) in [6.07, 6.45) is 6.08. The monoisotopic (exact) mass is 243 g/mol. The molecule has 2 amide bonds. The molecular weight excluding hydrogens is 222 g/mol. The zero-order valence-electron chi connectivity index (χ0n) is 10.1. The van der Waals surface area contributed by atoms with Crippen LogP contribution in [0.5, 0.6) is 0 Å². The molecule has 2 unspecified atom stereocenters. The third-order valence-corrected chi connectivity index (χ3v) is 4.36. The first-order valence-electron chi connectivity index (χ1n) is 6.19. The first kappa shape index (κ1) is 13.6. The number of rotatable bonds is 6. The van der Waals surface area contributed by atoms with Crippen LogP contribution in [0.1, 0.15) is 52.4 Å². The molecule has 0 aromatic carbocycles. The molecule has 0 spiro atoms. The number of nitrogens with one attached hydrogen (secondary N) is 1. The van der Waals surface area contributed by atoms with Crippen LogP contribution >= 0.6 is 11.8 Å². The van der Waals surface area contributed by atoms with Crippen LogP contribution in [0.4, 0.5) is 0 Å². The number of hydrogen-bond donors (Lipinski definition) is 1. The molecule has 0 radical (unpaired) electrons. The first-order chi connectivity index (χ1) is 7.69. The molecule has 0 bridgehead atoms. The molecule has 16 heavy (non-hydrogen) atoms. The van der Waals surface area contributed by atoms with Gasteiger partial charge in [0.2, 0.25) is 11.8 Å². The van der Waals surface area contributed by atoms with Gasteiger partial charge in [-0.15, -0.1) is 11.8 Å². The SMILES string of the molecule is CCCCC1SC(CCCC)C(=O)NC1=O. The van der Waals surface area contributed by atoms with Crippen molar-refractivity contribution in [3.05, 3.63) is 0 Å². The Labute approximate surface area is 102 Å². The zero-order valence-corrected chi connectivity index (χ0v) is 10.9. The quantitative estimate of drug-likeness (QED) is 0.729. The number of hydrogen-bond acceptors (Lipinski definition) is 3. The third kappa shape index (κ3) is 3.81. The minimum Gasteiger partial charge on any atom is -0.295 e. The van der Waals surface area contributed by atoms with Crippen LogP contribution < -0.4 is 5.32 Å². The van der Waals surface area contributed by atoms with Gasteiger partial charge in [0.05, 0.1) is 10.5 Å². The van der Waals surface area contributed by atoms with Crippen LogP contribution in [0.15, 0.2) is 0 Å². The lowest BCUT2D eigenvalue weighted by Crippen LogP contribution is -2.48. The third-order valence-electron chi connectivity index (χ3n) is 2.80. The van der Waals surface area contributed by atoms with E-state index in [4.69, 9.17) is 0 Å². The summed E-state index contributed by atoms with van der Waals surface area (Å²) in [5.74, 6) is -0.174. The number of amides is 2. The maximum absolute atomic E-state index is 11.6. The zero-order chi connectivity index (χ0) is 12.0. The van der Waals surface area contributed by atoms with E-state index in [-0.39, 0.29) is 22.3 Å². The Hall–Kier alpha value is -0.510. The summed E-state index contributed by atoms with van der Waals surface area (Å²) in [5.41, 5.74) is 0. The van der Waals surface area contributed by atoms with Gasteiger partial charge in [0, 0.05) is 0 Å². The topological polar surface area (TPSA) is 46.2 Å². The van der Waals surface area contributed by atoms with Crippen molar-refractivity contribution in [2.45, 2.75) is 62.9 Å². The van der Waals surface area contributed by atoms with E-state index in [2.05, 4.69) is 19.2 Å². The lowest BCUT2D eigenvalue weighted by Gasteiger charge is -2.27. The van der Waals surface area contributed by atoms with Gasteiger partial charge < -0.3 is 0 Å². The lowest BCUT2D eigenvalue weighted by molar-refractivity contribution is -0.130. The number of carbonyl (C=O) groups excluding carboxylic acids is 2. The van der Waals surface area contributed by atoms with Gasteiger partial charge >= 0.3 is 0 Å². The summed E-state index contributed by atoms with van der Waals surface area (Å²) < 4.78 is 0. The van der Waals surface area contributed by atoms with Gasteiger partial charge in [0.25, 0.3) is 0 Å². The van der Waals surface area contributed by atoms with Gasteiger partial charge in [0.15, 0.2) is 0 Å². The summed E-state index contributed by atoms with van der Waals surface area (Å²) >= 11 is 1.57. The van der Waals surface area contributed by atoms with Crippen LogP contribution in [0.2, 0.25) is 0 Å². The van der Waals surface area contributed by atoms with E-state index in [1.165, 1.54) is 0 Å². The number of unbranched alkanes of at least 4 members (excludes halogenated alkanes) is 2. The molecule has 0 aromatic heterocycles. The largest absolute Gasteiger partial charge is 0.295 e. The molecule has 1 N–H and O–H groups in total. The second kappa shape index (κ2) is 6.94. The van der Waals surface area contributed by atoms with Crippen LogP contribution in [0, 0.1) is 0 Å². The molecule has 4 heteroatoms. The van der Waals surface area contributed by atoms with Crippen molar-refractivity contribution in [3.8, 4) is 0 Å². The Kier molecular flexibility index (Phi) is 5.88. The fraction of sp³-hybridized carbons (Fsp3) is 0.833. The number of thioether (sulfide) groups is 1. The standard InChI is InChI=1S/C12H21NO2S/c1-3-5-7-9-11(14)13-12(15)10(16-9)8-6-4-2/h9-10H,3-8H2,1-2H3,(H,13,14,15). The molecule has 1 aliphatic rings. The van der Waals surface area contributed by atoms with Crippen molar-refractivity contribution < 1.29 is 9.59 Å². The molecule has 1 saturated heterocycles. The Bertz CT molecular complexity index is 231. The maximum Gasteiger partial charge on any atom is 0.239 e. The van der Waals surface area contributed by atoms with Crippen LogP contribution in [0.25, 0.3) is 0 Å². The minimum absolute atomic E-state index is 0.0143.